The van der Waals surface area contributed by atoms with E-state index in [-0.39, 0.29) is 29.7 Å². The molecule has 1 aliphatic carbocycles. The van der Waals surface area contributed by atoms with E-state index in [2.05, 4.69) is 4.99 Å². The van der Waals surface area contributed by atoms with Crippen LogP contribution in [-0.2, 0) is 14.3 Å². The van der Waals surface area contributed by atoms with E-state index in [0.717, 1.165) is 29.9 Å². The third-order valence-electron chi connectivity index (χ3n) is 4.86. The third-order valence-corrected chi connectivity index (χ3v) is 5.82. The van der Waals surface area contributed by atoms with Gasteiger partial charge in [-0.25, -0.2) is 4.79 Å². The maximum atomic E-state index is 12.8. The first-order valence-electron chi connectivity index (χ1n) is 8.58. The molecule has 0 spiro atoms. The second-order valence-electron chi connectivity index (χ2n) is 6.52. The molecule has 3 atom stereocenters. The number of carbonyl (C=O) groups excluding carboxylic acids is 2. The molecule has 0 bridgehead atoms. The van der Waals surface area contributed by atoms with Gasteiger partial charge in [0.05, 0.1) is 17.6 Å². The maximum absolute atomic E-state index is 12.8. The summed E-state index contributed by atoms with van der Waals surface area (Å²) in [4.78, 5) is 31.1. The lowest BCUT2D eigenvalue weighted by molar-refractivity contribution is -0.144. The summed E-state index contributed by atoms with van der Waals surface area (Å²) >= 11 is 1.59. The fourth-order valence-electron chi connectivity index (χ4n) is 3.49. The molecular formula is C19H23NO3S. The summed E-state index contributed by atoms with van der Waals surface area (Å²) in [5.41, 5.74) is 2.19. The monoisotopic (exact) mass is 345 g/mol. The number of ketones is 1. The summed E-state index contributed by atoms with van der Waals surface area (Å²) in [6.45, 7) is 5.73. The van der Waals surface area contributed by atoms with Gasteiger partial charge < -0.3 is 4.74 Å². The van der Waals surface area contributed by atoms with Crippen LogP contribution in [0, 0.1) is 5.92 Å². The van der Waals surface area contributed by atoms with Crippen LogP contribution in [0.15, 0.2) is 33.8 Å². The lowest BCUT2D eigenvalue weighted by Gasteiger charge is -2.35. The minimum Gasteiger partial charge on any atom is -0.459 e. The van der Waals surface area contributed by atoms with Crippen LogP contribution in [0.2, 0.25) is 0 Å². The number of Topliss-reactive ketones (excluding diaryl/α,β-unsaturated/α-hetero) is 1. The van der Waals surface area contributed by atoms with Crippen molar-refractivity contribution in [1.82, 2.24) is 0 Å². The van der Waals surface area contributed by atoms with Crippen molar-refractivity contribution >= 4 is 28.8 Å². The smallest absolute Gasteiger partial charge is 0.336 e. The summed E-state index contributed by atoms with van der Waals surface area (Å²) in [5.74, 6) is -0.691. The summed E-state index contributed by atoms with van der Waals surface area (Å²) < 4.78 is 5.58. The predicted molar refractivity (Wildman–Crippen MR) is 95.4 cm³/mol. The number of allylic oxidation sites excluding steroid dienone is 1. The van der Waals surface area contributed by atoms with Crippen LogP contribution in [0.1, 0.15) is 57.2 Å². The first kappa shape index (κ1) is 17.1. The van der Waals surface area contributed by atoms with Crippen LogP contribution in [0.4, 0.5) is 0 Å². The molecule has 2 heterocycles. The van der Waals surface area contributed by atoms with Gasteiger partial charge >= 0.3 is 5.97 Å². The Morgan fingerprint density at radius 2 is 2.21 bits per heavy atom. The quantitative estimate of drug-likeness (QED) is 0.766. The van der Waals surface area contributed by atoms with Crippen molar-refractivity contribution in [2.75, 3.05) is 0 Å². The van der Waals surface area contributed by atoms with Gasteiger partial charge in [-0.15, -0.1) is 11.3 Å². The Bertz CT molecular complexity index is 702. The van der Waals surface area contributed by atoms with E-state index in [4.69, 9.17) is 4.74 Å². The number of hydrogen-bond donors (Lipinski definition) is 0. The molecule has 5 heteroatoms. The number of ether oxygens (including phenoxy) is 1. The molecule has 0 N–H and O–H groups in total. The number of carbonyl (C=O) groups is 2. The number of nitrogens with zero attached hydrogens (tertiary/aromatic N) is 1. The topological polar surface area (TPSA) is 55.7 Å². The van der Waals surface area contributed by atoms with E-state index >= 15 is 0 Å². The van der Waals surface area contributed by atoms with E-state index in [9.17, 15) is 9.59 Å². The molecule has 0 radical (unpaired) electrons. The molecule has 0 unspecified atom stereocenters. The van der Waals surface area contributed by atoms with Crippen molar-refractivity contribution in [2.24, 2.45) is 10.9 Å². The largest absolute Gasteiger partial charge is 0.459 e. The molecule has 1 aliphatic heterocycles. The first-order chi connectivity index (χ1) is 11.5. The van der Waals surface area contributed by atoms with Crippen LogP contribution in [-0.4, -0.2) is 23.6 Å². The Hall–Kier alpha value is -1.75. The van der Waals surface area contributed by atoms with E-state index < -0.39 is 0 Å². The van der Waals surface area contributed by atoms with Crippen molar-refractivity contribution in [1.29, 1.82) is 0 Å². The number of hydrogen-bond acceptors (Lipinski definition) is 5. The van der Waals surface area contributed by atoms with Crippen molar-refractivity contribution in [3.63, 3.8) is 0 Å². The van der Waals surface area contributed by atoms with Crippen LogP contribution in [0.5, 0.6) is 0 Å². The summed E-state index contributed by atoms with van der Waals surface area (Å²) in [6.07, 6.45) is 2.88. The van der Waals surface area contributed by atoms with Gasteiger partial charge in [-0.3, -0.25) is 9.79 Å². The molecular weight excluding hydrogens is 322 g/mol. The number of esters is 1. The van der Waals surface area contributed by atoms with Gasteiger partial charge in [-0.2, -0.15) is 0 Å². The predicted octanol–water partition coefficient (Wildman–Crippen LogP) is 4.27. The van der Waals surface area contributed by atoms with Crippen molar-refractivity contribution in [3.8, 4) is 0 Å². The minimum absolute atomic E-state index is 0.144. The standard InChI is InChI=1S/C19H23NO3S/c1-4-11(2)23-19(22)16-12(3)20-13-7-5-8-14(21)17(13)18(16)15-9-6-10-24-15/h6,9-11,17-18H,4-5,7-8H2,1-3H3/t11-,17-,18+/m0/s1. The van der Waals surface area contributed by atoms with Gasteiger partial charge in [0, 0.05) is 28.6 Å². The number of rotatable bonds is 4. The summed E-state index contributed by atoms with van der Waals surface area (Å²) in [6, 6.07) is 3.97. The zero-order chi connectivity index (χ0) is 17.3. The normalized spacial score (nSPS) is 25.1. The van der Waals surface area contributed by atoms with Crippen LogP contribution in [0.3, 0.4) is 0 Å². The molecule has 0 aromatic carbocycles. The Morgan fingerprint density at radius 3 is 2.88 bits per heavy atom. The van der Waals surface area contributed by atoms with E-state index in [1.54, 1.807) is 11.3 Å². The molecule has 1 fully saturated rings. The summed E-state index contributed by atoms with van der Waals surface area (Å²) in [7, 11) is 0. The molecule has 1 aromatic heterocycles. The van der Waals surface area contributed by atoms with Gasteiger partial charge in [0.25, 0.3) is 0 Å². The Labute approximate surface area is 146 Å². The Balaban J connectivity index is 2.06. The fraction of sp³-hybridized carbons (Fsp3) is 0.526. The van der Waals surface area contributed by atoms with Gasteiger partial charge in [-0.1, -0.05) is 13.0 Å². The SMILES string of the molecule is CC[C@H](C)OC(=O)C1=C(C)N=C2CCCC(=O)[C@H]2[C@@H]1c1cccs1. The van der Waals surface area contributed by atoms with E-state index in [1.165, 1.54) is 0 Å². The number of thiophene rings is 1. The van der Waals surface area contributed by atoms with Crippen molar-refractivity contribution in [2.45, 2.75) is 58.5 Å². The van der Waals surface area contributed by atoms with Crippen LogP contribution < -0.4 is 0 Å². The van der Waals surface area contributed by atoms with Gasteiger partial charge in [0.2, 0.25) is 0 Å². The molecule has 128 valence electrons. The zero-order valence-electron chi connectivity index (χ0n) is 14.4. The average molecular weight is 345 g/mol. The highest BCUT2D eigenvalue weighted by atomic mass is 32.1. The molecule has 24 heavy (non-hydrogen) atoms. The molecule has 2 aliphatic rings. The van der Waals surface area contributed by atoms with Crippen molar-refractivity contribution < 1.29 is 14.3 Å². The molecule has 0 saturated heterocycles. The second-order valence-corrected chi connectivity index (χ2v) is 7.50. The Morgan fingerprint density at radius 1 is 1.42 bits per heavy atom. The van der Waals surface area contributed by atoms with Crippen molar-refractivity contribution in [3.05, 3.63) is 33.7 Å². The highest BCUT2D eigenvalue weighted by Crippen LogP contribution is 2.44. The van der Waals surface area contributed by atoms with Crippen LogP contribution in [0.25, 0.3) is 0 Å². The fourth-order valence-corrected chi connectivity index (χ4v) is 4.36. The first-order valence-corrected chi connectivity index (χ1v) is 9.46. The second kappa shape index (κ2) is 7.01. The van der Waals surface area contributed by atoms with E-state index in [0.29, 0.717) is 17.7 Å². The number of aliphatic imine (C=N–C) groups is 1. The highest BCUT2D eigenvalue weighted by molar-refractivity contribution is 7.10. The Kier molecular flexibility index (Phi) is 4.99. The zero-order valence-corrected chi connectivity index (χ0v) is 15.2. The lowest BCUT2D eigenvalue weighted by Crippen LogP contribution is -2.39. The molecule has 0 amide bonds. The highest BCUT2D eigenvalue weighted by Gasteiger charge is 2.44. The molecule has 3 rings (SSSR count). The molecule has 1 saturated carbocycles. The van der Waals surface area contributed by atoms with Gasteiger partial charge in [-0.05, 0) is 44.6 Å². The van der Waals surface area contributed by atoms with Crippen LogP contribution >= 0.6 is 11.3 Å². The van der Waals surface area contributed by atoms with Gasteiger partial charge in [0.15, 0.2) is 0 Å². The number of fused-ring (bicyclic) bond motifs is 1. The van der Waals surface area contributed by atoms with E-state index in [1.807, 2.05) is 38.3 Å². The molecule has 4 nitrogen and oxygen atoms in total. The van der Waals surface area contributed by atoms with Gasteiger partial charge in [0.1, 0.15) is 5.78 Å². The third kappa shape index (κ3) is 3.09. The minimum atomic E-state index is -0.332. The lowest BCUT2D eigenvalue weighted by atomic mass is 9.71. The maximum Gasteiger partial charge on any atom is 0.336 e. The average Bonchev–Trinajstić information content (AvgIpc) is 3.07. The molecule has 1 aromatic rings. The summed E-state index contributed by atoms with van der Waals surface area (Å²) in [5, 5.41) is 1.99.